The summed E-state index contributed by atoms with van der Waals surface area (Å²) in [5.41, 5.74) is 0.867. The lowest BCUT2D eigenvalue weighted by atomic mass is 10.3. The van der Waals surface area contributed by atoms with Gasteiger partial charge in [-0.05, 0) is 32.9 Å². The molecule has 0 spiro atoms. The van der Waals surface area contributed by atoms with Crippen molar-refractivity contribution in [3.63, 3.8) is 0 Å². The minimum absolute atomic E-state index is 0.104. The average Bonchev–Trinajstić information content (AvgIpc) is 2.47. The van der Waals surface area contributed by atoms with Gasteiger partial charge in [0.1, 0.15) is 5.82 Å². The molecule has 3 N–H and O–H groups in total. The molecule has 128 valence electrons. The molecule has 7 nitrogen and oxygen atoms in total. The van der Waals surface area contributed by atoms with E-state index in [1.165, 1.54) is 0 Å². The lowest BCUT2D eigenvalue weighted by Gasteiger charge is -2.16. The van der Waals surface area contributed by atoms with Crippen LogP contribution in [0.2, 0.25) is 0 Å². The quantitative estimate of drug-likeness (QED) is 0.496. The second kappa shape index (κ2) is 10.6. The molecule has 1 unspecified atom stereocenters. The van der Waals surface area contributed by atoms with Gasteiger partial charge in [0.15, 0.2) is 5.96 Å². The van der Waals surface area contributed by atoms with Gasteiger partial charge in [0.05, 0.1) is 13.2 Å². The number of aromatic nitrogens is 1. The van der Waals surface area contributed by atoms with E-state index in [0.717, 1.165) is 12.2 Å². The van der Waals surface area contributed by atoms with Crippen LogP contribution in [0.15, 0.2) is 23.2 Å². The van der Waals surface area contributed by atoms with Gasteiger partial charge in [0.25, 0.3) is 0 Å². The number of anilines is 1. The van der Waals surface area contributed by atoms with Crippen LogP contribution in [0.3, 0.4) is 0 Å². The topological polar surface area (TPSA) is 87.6 Å². The normalized spacial score (nSPS) is 12.6. The zero-order valence-electron chi connectivity index (χ0n) is 14.3. The SMILES string of the molecule is CCNC(=NCCC(=O)Nc1cccc(C)n1)NC(C)COC. The van der Waals surface area contributed by atoms with Crippen molar-refractivity contribution in [1.29, 1.82) is 0 Å². The van der Waals surface area contributed by atoms with Crippen LogP contribution in [0.4, 0.5) is 5.82 Å². The second-order valence-corrected chi connectivity index (χ2v) is 5.22. The van der Waals surface area contributed by atoms with Crippen molar-refractivity contribution in [2.75, 3.05) is 32.1 Å². The largest absolute Gasteiger partial charge is 0.383 e. The zero-order valence-corrected chi connectivity index (χ0v) is 14.3. The maximum atomic E-state index is 11.9. The van der Waals surface area contributed by atoms with Crippen molar-refractivity contribution in [3.05, 3.63) is 23.9 Å². The van der Waals surface area contributed by atoms with E-state index in [0.29, 0.717) is 31.3 Å². The van der Waals surface area contributed by atoms with Crippen LogP contribution in [0, 0.1) is 6.92 Å². The molecular weight excluding hydrogens is 294 g/mol. The third-order valence-electron chi connectivity index (χ3n) is 2.91. The summed E-state index contributed by atoms with van der Waals surface area (Å²) in [6, 6.07) is 5.66. The Morgan fingerprint density at radius 3 is 2.87 bits per heavy atom. The van der Waals surface area contributed by atoms with Gasteiger partial charge < -0.3 is 20.7 Å². The molecule has 1 heterocycles. The van der Waals surface area contributed by atoms with Gasteiger partial charge in [0.2, 0.25) is 5.91 Å². The summed E-state index contributed by atoms with van der Waals surface area (Å²) in [6.07, 6.45) is 0.296. The molecule has 0 aliphatic heterocycles. The van der Waals surface area contributed by atoms with Crippen LogP contribution in [0.1, 0.15) is 26.0 Å². The second-order valence-electron chi connectivity index (χ2n) is 5.22. The van der Waals surface area contributed by atoms with E-state index in [9.17, 15) is 4.79 Å². The van der Waals surface area contributed by atoms with E-state index in [4.69, 9.17) is 4.74 Å². The Balaban J connectivity index is 2.45. The first-order chi connectivity index (χ1) is 11.0. The highest BCUT2D eigenvalue weighted by Gasteiger charge is 2.06. The Morgan fingerprint density at radius 1 is 1.43 bits per heavy atom. The van der Waals surface area contributed by atoms with Crippen molar-refractivity contribution in [2.24, 2.45) is 4.99 Å². The van der Waals surface area contributed by atoms with Gasteiger partial charge in [-0.15, -0.1) is 0 Å². The Kier molecular flexibility index (Phi) is 8.67. The first-order valence-corrected chi connectivity index (χ1v) is 7.82. The molecule has 0 aliphatic rings. The van der Waals surface area contributed by atoms with Crippen molar-refractivity contribution < 1.29 is 9.53 Å². The third kappa shape index (κ3) is 8.15. The highest BCUT2D eigenvalue weighted by molar-refractivity contribution is 5.90. The van der Waals surface area contributed by atoms with Crippen molar-refractivity contribution >= 4 is 17.7 Å². The molecule has 0 aromatic carbocycles. The summed E-state index contributed by atoms with van der Waals surface area (Å²) in [5, 5.41) is 9.13. The number of rotatable bonds is 8. The molecule has 1 amide bonds. The van der Waals surface area contributed by atoms with Crippen molar-refractivity contribution in [1.82, 2.24) is 15.6 Å². The Labute approximate surface area is 137 Å². The number of aryl methyl sites for hydroxylation is 1. The Morgan fingerprint density at radius 2 is 2.22 bits per heavy atom. The van der Waals surface area contributed by atoms with Gasteiger partial charge in [-0.1, -0.05) is 6.07 Å². The van der Waals surface area contributed by atoms with Crippen LogP contribution in [0.25, 0.3) is 0 Å². The smallest absolute Gasteiger partial charge is 0.227 e. The standard InChI is InChI=1S/C16H27N5O2/c1-5-17-16(20-13(3)11-23-4)18-10-9-15(22)21-14-8-6-7-12(2)19-14/h6-8,13H,5,9-11H2,1-4H3,(H2,17,18,20)(H,19,21,22). The number of hydrogen-bond donors (Lipinski definition) is 3. The molecule has 1 atom stereocenters. The number of ether oxygens (including phenoxy) is 1. The summed E-state index contributed by atoms with van der Waals surface area (Å²) >= 11 is 0. The molecule has 0 aliphatic carbocycles. The first-order valence-electron chi connectivity index (χ1n) is 7.82. The van der Waals surface area contributed by atoms with E-state index in [1.54, 1.807) is 13.2 Å². The average molecular weight is 321 g/mol. The summed E-state index contributed by atoms with van der Waals surface area (Å²) < 4.78 is 5.09. The summed E-state index contributed by atoms with van der Waals surface area (Å²) in [6.45, 7) is 7.62. The number of guanidine groups is 1. The van der Waals surface area contributed by atoms with Gasteiger partial charge in [-0.25, -0.2) is 4.98 Å². The Hall–Kier alpha value is -2.15. The highest BCUT2D eigenvalue weighted by atomic mass is 16.5. The zero-order chi connectivity index (χ0) is 17.1. The number of carbonyl (C=O) groups excluding carboxylic acids is 1. The fraction of sp³-hybridized carbons (Fsp3) is 0.562. The van der Waals surface area contributed by atoms with E-state index in [1.807, 2.05) is 32.9 Å². The molecule has 1 aromatic rings. The van der Waals surface area contributed by atoms with E-state index in [2.05, 4.69) is 25.9 Å². The third-order valence-corrected chi connectivity index (χ3v) is 2.91. The number of carbonyl (C=O) groups is 1. The molecule has 0 saturated heterocycles. The number of aliphatic imine (C=N–C) groups is 1. The summed E-state index contributed by atoms with van der Waals surface area (Å²) in [7, 11) is 1.66. The lowest BCUT2D eigenvalue weighted by Crippen LogP contribution is -2.44. The number of amides is 1. The first kappa shape index (κ1) is 18.9. The predicted octanol–water partition coefficient (Wildman–Crippen LogP) is 1.31. The minimum Gasteiger partial charge on any atom is -0.383 e. The molecule has 0 radical (unpaired) electrons. The minimum atomic E-state index is -0.104. The number of pyridine rings is 1. The molecule has 0 fully saturated rings. The fourth-order valence-electron chi connectivity index (χ4n) is 1.93. The number of hydrogen-bond acceptors (Lipinski definition) is 4. The van der Waals surface area contributed by atoms with Gasteiger partial charge in [-0.2, -0.15) is 0 Å². The molecule has 23 heavy (non-hydrogen) atoms. The maximum absolute atomic E-state index is 11.9. The van der Waals surface area contributed by atoms with E-state index in [-0.39, 0.29) is 11.9 Å². The Bertz CT molecular complexity index is 519. The number of nitrogens with zero attached hydrogens (tertiary/aromatic N) is 2. The van der Waals surface area contributed by atoms with E-state index < -0.39 is 0 Å². The van der Waals surface area contributed by atoms with Crippen molar-refractivity contribution in [3.8, 4) is 0 Å². The van der Waals surface area contributed by atoms with Crippen LogP contribution in [-0.4, -0.2) is 49.7 Å². The molecule has 1 rings (SSSR count). The fourth-order valence-corrected chi connectivity index (χ4v) is 1.93. The molecule has 1 aromatic heterocycles. The lowest BCUT2D eigenvalue weighted by molar-refractivity contribution is -0.116. The molecular formula is C16H27N5O2. The van der Waals surface area contributed by atoms with Gasteiger partial charge in [0, 0.05) is 31.8 Å². The summed E-state index contributed by atoms with van der Waals surface area (Å²) in [4.78, 5) is 20.5. The van der Waals surface area contributed by atoms with E-state index >= 15 is 0 Å². The number of nitrogens with one attached hydrogen (secondary N) is 3. The van der Waals surface area contributed by atoms with Gasteiger partial charge >= 0.3 is 0 Å². The molecule has 0 bridgehead atoms. The van der Waals surface area contributed by atoms with Crippen LogP contribution in [-0.2, 0) is 9.53 Å². The summed E-state index contributed by atoms with van der Waals surface area (Å²) in [5.74, 6) is 1.14. The monoisotopic (exact) mass is 321 g/mol. The van der Waals surface area contributed by atoms with Gasteiger partial charge in [-0.3, -0.25) is 9.79 Å². The van der Waals surface area contributed by atoms with Crippen LogP contribution >= 0.6 is 0 Å². The van der Waals surface area contributed by atoms with Crippen LogP contribution < -0.4 is 16.0 Å². The molecule has 0 saturated carbocycles. The van der Waals surface area contributed by atoms with Crippen molar-refractivity contribution in [2.45, 2.75) is 33.2 Å². The van der Waals surface area contributed by atoms with Crippen LogP contribution in [0.5, 0.6) is 0 Å². The molecule has 7 heteroatoms. The number of methoxy groups -OCH3 is 1. The highest BCUT2D eigenvalue weighted by Crippen LogP contribution is 2.04. The predicted molar refractivity (Wildman–Crippen MR) is 92.7 cm³/mol. The maximum Gasteiger partial charge on any atom is 0.227 e.